The van der Waals surface area contributed by atoms with E-state index in [0.29, 0.717) is 0 Å². The lowest BCUT2D eigenvalue weighted by molar-refractivity contribution is -0.141. The van der Waals surface area contributed by atoms with Gasteiger partial charge in [-0.1, -0.05) is 53.0 Å². The van der Waals surface area contributed by atoms with Crippen molar-refractivity contribution in [3.63, 3.8) is 0 Å². The molecule has 1 aliphatic carbocycles. The molecule has 0 unspecified atom stereocenters. The molecule has 3 amide bonds. The Morgan fingerprint density at radius 2 is 1.86 bits per heavy atom. The number of halogens is 1. The van der Waals surface area contributed by atoms with Gasteiger partial charge in [0.25, 0.3) is 15.9 Å². The highest BCUT2D eigenvalue weighted by atomic mass is 79.9. The summed E-state index contributed by atoms with van der Waals surface area (Å²) >= 11 is 3.44. The Morgan fingerprint density at radius 1 is 1.14 bits per heavy atom. The second kappa shape index (κ2) is 11.1. The summed E-state index contributed by atoms with van der Waals surface area (Å²) in [6.07, 6.45) is 4.22. The van der Waals surface area contributed by atoms with Crippen LogP contribution >= 0.6 is 15.9 Å². The average Bonchev–Trinajstić information content (AvgIpc) is 3.43. The van der Waals surface area contributed by atoms with Gasteiger partial charge in [0.05, 0.1) is 5.56 Å². The zero-order valence-corrected chi connectivity index (χ0v) is 22.6. The van der Waals surface area contributed by atoms with Crippen LogP contribution in [0.25, 0.3) is 0 Å². The van der Waals surface area contributed by atoms with Gasteiger partial charge in [-0.25, -0.2) is 12.7 Å². The fraction of sp³-hybridized carbons (Fsp3) is 0.423. The third kappa shape index (κ3) is 5.64. The highest BCUT2D eigenvalue weighted by molar-refractivity contribution is 9.10. The lowest BCUT2D eigenvalue weighted by Crippen LogP contribution is -2.49. The predicted octanol–water partition coefficient (Wildman–Crippen LogP) is 3.85. The number of nitrogens with one attached hydrogen (secondary N) is 1. The van der Waals surface area contributed by atoms with Gasteiger partial charge in [-0.05, 0) is 56.0 Å². The molecule has 2 aromatic carbocycles. The van der Waals surface area contributed by atoms with Crippen LogP contribution in [0, 0.1) is 0 Å². The van der Waals surface area contributed by atoms with Crippen LogP contribution in [0.5, 0.6) is 0 Å². The second-order valence-electron chi connectivity index (χ2n) is 9.30. The molecule has 0 bridgehead atoms. The fourth-order valence-corrected chi connectivity index (χ4v) is 6.83. The molecule has 0 aromatic heterocycles. The molecule has 4 rings (SSSR count). The summed E-state index contributed by atoms with van der Waals surface area (Å²) in [6.45, 7) is 1.85. The maximum absolute atomic E-state index is 13.3. The number of fused-ring (bicyclic) bond motifs is 1. The Labute approximate surface area is 220 Å². The zero-order chi connectivity index (χ0) is 25.9. The van der Waals surface area contributed by atoms with Crippen molar-refractivity contribution in [3.05, 3.63) is 64.1 Å². The van der Waals surface area contributed by atoms with Crippen molar-refractivity contribution in [3.8, 4) is 0 Å². The summed E-state index contributed by atoms with van der Waals surface area (Å²) in [4.78, 5) is 40.5. The standard InChI is InChI=1S/C26H30BrN3O5S/c1-18(25(32)28-21-10-2-3-11-21)29(17-19-8-6-9-20(27)16-19)24(31)14-7-15-30-26(33)22-12-4-5-13-23(22)36(30,34)35/h4-6,8-9,12-13,16,18,21H,2-3,7,10-11,14-15,17H2,1H3,(H,28,32)/t18-/m1/s1. The van der Waals surface area contributed by atoms with Crippen LogP contribution in [-0.2, 0) is 26.2 Å². The molecule has 0 saturated heterocycles. The van der Waals surface area contributed by atoms with Crippen molar-refractivity contribution in [1.82, 2.24) is 14.5 Å². The fourth-order valence-electron chi connectivity index (χ4n) is 4.78. The molecule has 0 radical (unpaired) electrons. The molecule has 2 aliphatic rings. The lowest BCUT2D eigenvalue weighted by Gasteiger charge is -2.30. The van der Waals surface area contributed by atoms with E-state index in [2.05, 4.69) is 21.2 Å². The minimum atomic E-state index is -3.92. The van der Waals surface area contributed by atoms with E-state index in [0.717, 1.165) is 40.0 Å². The van der Waals surface area contributed by atoms with Crippen molar-refractivity contribution in [1.29, 1.82) is 0 Å². The molecule has 1 atom stereocenters. The first-order valence-corrected chi connectivity index (χ1v) is 14.4. The smallest absolute Gasteiger partial charge is 0.269 e. The molecule has 192 valence electrons. The van der Waals surface area contributed by atoms with E-state index in [1.54, 1.807) is 19.1 Å². The number of sulfonamides is 1. The van der Waals surface area contributed by atoms with Crippen LogP contribution < -0.4 is 5.32 Å². The lowest BCUT2D eigenvalue weighted by atomic mass is 10.1. The van der Waals surface area contributed by atoms with Gasteiger partial charge in [0.1, 0.15) is 10.9 Å². The van der Waals surface area contributed by atoms with Gasteiger partial charge >= 0.3 is 0 Å². The Morgan fingerprint density at radius 3 is 2.56 bits per heavy atom. The van der Waals surface area contributed by atoms with Gasteiger partial charge in [-0.3, -0.25) is 14.4 Å². The SMILES string of the molecule is C[C@H](C(=O)NC1CCCC1)N(Cc1cccc(Br)c1)C(=O)CCCN1C(=O)c2ccccc2S1(=O)=O. The monoisotopic (exact) mass is 575 g/mol. The summed E-state index contributed by atoms with van der Waals surface area (Å²) in [5.41, 5.74) is 1.02. The van der Waals surface area contributed by atoms with E-state index in [-0.39, 0.29) is 54.2 Å². The number of amides is 3. The topological polar surface area (TPSA) is 104 Å². The minimum Gasteiger partial charge on any atom is -0.352 e. The summed E-state index contributed by atoms with van der Waals surface area (Å²) in [5.74, 6) is -1.04. The molecule has 2 aromatic rings. The maximum atomic E-state index is 13.3. The first-order valence-electron chi connectivity index (χ1n) is 12.2. The van der Waals surface area contributed by atoms with E-state index in [4.69, 9.17) is 0 Å². The van der Waals surface area contributed by atoms with Gasteiger partial charge in [0.2, 0.25) is 11.8 Å². The van der Waals surface area contributed by atoms with Gasteiger partial charge < -0.3 is 10.2 Å². The van der Waals surface area contributed by atoms with Gasteiger partial charge in [-0.2, -0.15) is 0 Å². The third-order valence-corrected chi connectivity index (χ3v) is 9.11. The number of rotatable bonds is 9. The van der Waals surface area contributed by atoms with Gasteiger partial charge in [0.15, 0.2) is 0 Å². The number of carbonyl (C=O) groups excluding carboxylic acids is 3. The molecule has 1 heterocycles. The first kappa shape index (κ1) is 26.3. The van der Waals surface area contributed by atoms with E-state index >= 15 is 0 Å². The molecular weight excluding hydrogens is 546 g/mol. The zero-order valence-electron chi connectivity index (χ0n) is 20.2. The number of carbonyl (C=O) groups is 3. The normalized spacial score (nSPS) is 17.6. The quantitative estimate of drug-likeness (QED) is 0.489. The second-order valence-corrected chi connectivity index (χ2v) is 12.0. The summed E-state index contributed by atoms with van der Waals surface area (Å²) < 4.78 is 27.3. The van der Waals surface area contributed by atoms with Crippen LogP contribution in [-0.4, -0.2) is 54.0 Å². The highest BCUT2D eigenvalue weighted by Gasteiger charge is 2.40. The summed E-state index contributed by atoms with van der Waals surface area (Å²) in [6, 6.07) is 13.1. The Kier molecular flexibility index (Phi) is 8.14. The molecule has 1 aliphatic heterocycles. The highest BCUT2D eigenvalue weighted by Crippen LogP contribution is 2.30. The number of hydrogen-bond donors (Lipinski definition) is 1. The summed E-state index contributed by atoms with van der Waals surface area (Å²) in [5, 5.41) is 3.06. The molecule has 1 saturated carbocycles. The van der Waals surface area contributed by atoms with Crippen molar-refractivity contribution >= 4 is 43.7 Å². The van der Waals surface area contributed by atoms with Crippen molar-refractivity contribution in [2.24, 2.45) is 0 Å². The Bertz CT molecular complexity index is 1260. The van der Waals surface area contributed by atoms with Crippen LogP contribution in [0.15, 0.2) is 57.9 Å². The van der Waals surface area contributed by atoms with Crippen molar-refractivity contribution in [2.75, 3.05) is 6.54 Å². The molecular formula is C26H30BrN3O5S. The number of nitrogens with zero attached hydrogens (tertiary/aromatic N) is 2. The largest absolute Gasteiger partial charge is 0.352 e. The van der Waals surface area contributed by atoms with Crippen LogP contribution in [0.2, 0.25) is 0 Å². The van der Waals surface area contributed by atoms with Crippen LogP contribution in [0.1, 0.15) is 61.4 Å². The first-order chi connectivity index (χ1) is 17.2. The Hall–Kier alpha value is -2.72. The maximum Gasteiger partial charge on any atom is 0.269 e. The number of benzene rings is 2. The third-order valence-electron chi connectivity index (χ3n) is 6.77. The van der Waals surface area contributed by atoms with Crippen molar-refractivity contribution in [2.45, 2.75) is 69.0 Å². The predicted molar refractivity (Wildman–Crippen MR) is 138 cm³/mol. The van der Waals surface area contributed by atoms with Crippen LogP contribution in [0.4, 0.5) is 0 Å². The average molecular weight is 577 g/mol. The molecule has 36 heavy (non-hydrogen) atoms. The summed E-state index contributed by atoms with van der Waals surface area (Å²) in [7, 11) is -3.92. The van der Waals surface area contributed by atoms with E-state index < -0.39 is 22.0 Å². The van der Waals surface area contributed by atoms with Crippen molar-refractivity contribution < 1.29 is 22.8 Å². The molecule has 8 nitrogen and oxygen atoms in total. The molecule has 0 spiro atoms. The molecule has 1 N–H and O–H groups in total. The van der Waals surface area contributed by atoms with E-state index in [9.17, 15) is 22.8 Å². The Balaban J connectivity index is 1.44. The number of hydrogen-bond acceptors (Lipinski definition) is 5. The van der Waals surface area contributed by atoms with E-state index in [1.807, 2.05) is 24.3 Å². The molecule has 1 fully saturated rings. The van der Waals surface area contributed by atoms with Gasteiger partial charge in [-0.15, -0.1) is 0 Å². The van der Waals surface area contributed by atoms with Gasteiger partial charge in [0, 0.05) is 30.0 Å². The minimum absolute atomic E-state index is 0.00466. The van der Waals surface area contributed by atoms with Crippen LogP contribution in [0.3, 0.4) is 0 Å². The van der Waals surface area contributed by atoms with E-state index in [1.165, 1.54) is 17.0 Å². The molecule has 10 heteroatoms.